The number of carbonyl (C=O) groups excluding carboxylic acids is 2. The lowest BCUT2D eigenvalue weighted by Crippen LogP contribution is -2.51. The molecule has 0 aromatic heterocycles. The van der Waals surface area contributed by atoms with Gasteiger partial charge in [-0.3, -0.25) is 15.0 Å². The highest BCUT2D eigenvalue weighted by molar-refractivity contribution is 5.96. The van der Waals surface area contributed by atoms with E-state index < -0.39 is 6.03 Å². The zero-order chi connectivity index (χ0) is 13.7. The van der Waals surface area contributed by atoms with Crippen LogP contribution in [0.15, 0.2) is 0 Å². The van der Waals surface area contributed by atoms with Crippen LogP contribution in [0.4, 0.5) is 4.79 Å². The first-order valence-electron chi connectivity index (χ1n) is 6.40. The van der Waals surface area contributed by atoms with Crippen LogP contribution in [0.5, 0.6) is 0 Å². The molecule has 0 bridgehead atoms. The summed E-state index contributed by atoms with van der Waals surface area (Å²) in [5.74, 6) is 0.0281. The Kier molecular flexibility index (Phi) is 5.55. The molecule has 1 aliphatic heterocycles. The van der Waals surface area contributed by atoms with Crippen molar-refractivity contribution in [1.82, 2.24) is 15.5 Å². The van der Waals surface area contributed by atoms with E-state index in [-0.39, 0.29) is 18.1 Å². The number of carbonyl (C=O) groups is 2. The number of aliphatic hydroxyl groups excluding tert-OH is 1. The molecule has 0 aliphatic carbocycles. The van der Waals surface area contributed by atoms with Gasteiger partial charge in [-0.1, -0.05) is 0 Å². The van der Waals surface area contributed by atoms with Crippen molar-refractivity contribution in [2.45, 2.75) is 38.8 Å². The minimum absolute atomic E-state index is 0.287. The van der Waals surface area contributed by atoms with E-state index in [9.17, 15) is 14.7 Å². The second-order valence-corrected chi connectivity index (χ2v) is 4.86. The third-order valence-corrected chi connectivity index (χ3v) is 3.65. The van der Waals surface area contributed by atoms with Crippen LogP contribution in [0, 0.1) is 5.92 Å². The fraction of sp³-hybridized carbons (Fsp3) is 0.833. The molecule has 1 fully saturated rings. The summed E-state index contributed by atoms with van der Waals surface area (Å²) >= 11 is 0. The number of nitrogens with zero attached hydrogens (tertiary/aromatic N) is 1. The van der Waals surface area contributed by atoms with Crippen LogP contribution in [0.3, 0.4) is 0 Å². The van der Waals surface area contributed by atoms with E-state index in [1.165, 1.54) is 7.05 Å². The number of imide groups is 1. The van der Waals surface area contributed by atoms with E-state index in [0.717, 1.165) is 25.9 Å². The van der Waals surface area contributed by atoms with Crippen LogP contribution in [0.1, 0.15) is 26.7 Å². The summed E-state index contributed by atoms with van der Waals surface area (Å²) in [6.45, 7) is 5.15. The Bertz CT molecular complexity index is 299. The largest absolute Gasteiger partial charge is 0.393 e. The van der Waals surface area contributed by atoms with Gasteiger partial charge in [0.05, 0.1) is 12.1 Å². The van der Waals surface area contributed by atoms with Gasteiger partial charge >= 0.3 is 6.03 Å². The Labute approximate surface area is 108 Å². The van der Waals surface area contributed by atoms with Crippen LogP contribution < -0.4 is 10.6 Å². The Hall–Kier alpha value is -1.14. The van der Waals surface area contributed by atoms with Gasteiger partial charge in [-0.05, 0) is 45.7 Å². The fourth-order valence-electron chi connectivity index (χ4n) is 2.23. The van der Waals surface area contributed by atoms with Crippen LogP contribution in [-0.4, -0.2) is 54.2 Å². The monoisotopic (exact) mass is 257 g/mol. The van der Waals surface area contributed by atoms with Crippen molar-refractivity contribution in [3.63, 3.8) is 0 Å². The smallest absolute Gasteiger partial charge is 0.321 e. The summed E-state index contributed by atoms with van der Waals surface area (Å²) in [5, 5.41) is 14.1. The van der Waals surface area contributed by atoms with E-state index in [2.05, 4.69) is 10.6 Å². The lowest BCUT2D eigenvalue weighted by atomic mass is 9.91. The highest BCUT2D eigenvalue weighted by atomic mass is 16.3. The molecule has 1 saturated heterocycles. The Morgan fingerprint density at radius 3 is 2.28 bits per heavy atom. The van der Waals surface area contributed by atoms with E-state index in [1.807, 2.05) is 11.8 Å². The van der Waals surface area contributed by atoms with E-state index >= 15 is 0 Å². The van der Waals surface area contributed by atoms with Gasteiger partial charge in [-0.15, -0.1) is 0 Å². The van der Waals surface area contributed by atoms with Gasteiger partial charge < -0.3 is 10.4 Å². The molecule has 2 atom stereocenters. The fourth-order valence-corrected chi connectivity index (χ4v) is 2.23. The summed E-state index contributed by atoms with van der Waals surface area (Å²) in [6.07, 6.45) is 1.48. The third kappa shape index (κ3) is 3.96. The van der Waals surface area contributed by atoms with Gasteiger partial charge in [0.1, 0.15) is 0 Å². The summed E-state index contributed by atoms with van der Waals surface area (Å²) in [6, 6.07) is -0.803. The molecule has 0 aromatic rings. The zero-order valence-electron chi connectivity index (χ0n) is 11.3. The lowest BCUT2D eigenvalue weighted by molar-refractivity contribution is -0.125. The summed E-state index contributed by atoms with van der Waals surface area (Å²) in [4.78, 5) is 24.9. The maximum Gasteiger partial charge on any atom is 0.321 e. The van der Waals surface area contributed by atoms with Crippen molar-refractivity contribution in [3.05, 3.63) is 0 Å². The third-order valence-electron chi connectivity index (χ3n) is 3.65. The number of likely N-dealkylation sites (tertiary alicyclic amines) is 1. The molecule has 6 nitrogen and oxygen atoms in total. The molecule has 1 aliphatic rings. The quantitative estimate of drug-likeness (QED) is 0.660. The SMILES string of the molecule is CNC(=O)NC(=O)C(C)N1CCC(C(C)O)CC1. The van der Waals surface area contributed by atoms with Crippen LogP contribution in [0.25, 0.3) is 0 Å². The van der Waals surface area contributed by atoms with Crippen molar-refractivity contribution in [3.8, 4) is 0 Å². The lowest BCUT2D eigenvalue weighted by Gasteiger charge is -2.36. The first kappa shape index (κ1) is 14.9. The highest BCUT2D eigenvalue weighted by Gasteiger charge is 2.28. The second-order valence-electron chi connectivity index (χ2n) is 4.86. The van der Waals surface area contributed by atoms with Gasteiger partial charge in [-0.2, -0.15) is 0 Å². The Balaban J connectivity index is 2.42. The molecule has 0 spiro atoms. The maximum atomic E-state index is 11.8. The summed E-state index contributed by atoms with van der Waals surface area (Å²) in [5.41, 5.74) is 0. The highest BCUT2D eigenvalue weighted by Crippen LogP contribution is 2.21. The molecule has 0 radical (unpaired) electrons. The number of rotatable bonds is 3. The topological polar surface area (TPSA) is 81.7 Å². The molecule has 1 rings (SSSR count). The van der Waals surface area contributed by atoms with Crippen LogP contribution in [-0.2, 0) is 4.79 Å². The summed E-state index contributed by atoms with van der Waals surface area (Å²) < 4.78 is 0. The zero-order valence-corrected chi connectivity index (χ0v) is 11.3. The molecule has 18 heavy (non-hydrogen) atoms. The first-order valence-corrected chi connectivity index (χ1v) is 6.40. The molecule has 104 valence electrons. The van der Waals surface area contributed by atoms with Gasteiger partial charge in [-0.25, -0.2) is 4.79 Å². The van der Waals surface area contributed by atoms with Crippen molar-refractivity contribution in [1.29, 1.82) is 0 Å². The molecule has 0 aromatic carbocycles. The molecule has 0 saturated carbocycles. The Morgan fingerprint density at radius 2 is 1.83 bits per heavy atom. The number of aliphatic hydroxyl groups is 1. The standard InChI is InChI=1S/C12H23N3O3/c1-8(11(17)14-12(18)13-3)15-6-4-10(5-7-15)9(2)16/h8-10,16H,4-7H2,1-3H3,(H2,13,14,17,18). The normalized spacial score (nSPS) is 21.1. The predicted octanol–water partition coefficient (Wildman–Crippen LogP) is -0.0767. The van der Waals surface area contributed by atoms with E-state index in [4.69, 9.17) is 0 Å². The number of piperidine rings is 1. The first-order chi connectivity index (χ1) is 8.45. The van der Waals surface area contributed by atoms with Gasteiger partial charge in [0.15, 0.2) is 0 Å². The molecular weight excluding hydrogens is 234 g/mol. The van der Waals surface area contributed by atoms with Crippen molar-refractivity contribution in [2.75, 3.05) is 20.1 Å². The predicted molar refractivity (Wildman–Crippen MR) is 68.0 cm³/mol. The number of hydrogen-bond acceptors (Lipinski definition) is 4. The van der Waals surface area contributed by atoms with Crippen molar-refractivity contribution >= 4 is 11.9 Å². The number of urea groups is 1. The molecule has 3 N–H and O–H groups in total. The summed E-state index contributed by atoms with van der Waals surface area (Å²) in [7, 11) is 1.47. The second kappa shape index (κ2) is 6.70. The number of nitrogens with one attached hydrogen (secondary N) is 2. The molecule has 3 amide bonds. The maximum absolute atomic E-state index is 11.8. The van der Waals surface area contributed by atoms with Crippen LogP contribution >= 0.6 is 0 Å². The van der Waals surface area contributed by atoms with E-state index in [0.29, 0.717) is 5.92 Å². The molecule has 2 unspecified atom stereocenters. The molecular formula is C12H23N3O3. The van der Waals surface area contributed by atoms with Gasteiger partial charge in [0, 0.05) is 7.05 Å². The molecule has 1 heterocycles. The molecule has 6 heteroatoms. The average Bonchev–Trinajstić information content (AvgIpc) is 2.37. The average molecular weight is 257 g/mol. The van der Waals surface area contributed by atoms with Crippen molar-refractivity contribution < 1.29 is 14.7 Å². The van der Waals surface area contributed by atoms with Gasteiger partial charge in [0.2, 0.25) is 5.91 Å². The minimum Gasteiger partial charge on any atom is -0.393 e. The van der Waals surface area contributed by atoms with Crippen LogP contribution in [0.2, 0.25) is 0 Å². The Morgan fingerprint density at radius 1 is 1.28 bits per heavy atom. The van der Waals surface area contributed by atoms with E-state index in [1.54, 1.807) is 6.92 Å². The number of hydrogen-bond donors (Lipinski definition) is 3. The van der Waals surface area contributed by atoms with Gasteiger partial charge in [0.25, 0.3) is 0 Å². The number of amides is 3. The minimum atomic E-state index is -0.481. The van der Waals surface area contributed by atoms with Crippen molar-refractivity contribution in [2.24, 2.45) is 5.92 Å².